The maximum atomic E-state index is 12.8. The van der Waals surface area contributed by atoms with Crippen molar-refractivity contribution < 1.29 is 55.6 Å². The number of carbonyl (C=O) groups is 2. The number of carbonyl (C=O) groups excluding carboxylic acids is 2. The highest BCUT2D eigenvalue weighted by molar-refractivity contribution is 5.80. The number of hydrogen-bond donors (Lipinski definition) is 2. The molecule has 6 nitrogen and oxygen atoms in total. The van der Waals surface area contributed by atoms with Crippen LogP contribution in [0.2, 0.25) is 0 Å². The minimum atomic E-state index is -6.03. The second kappa shape index (κ2) is 9.71. The van der Waals surface area contributed by atoms with E-state index in [0.717, 1.165) is 6.92 Å². The standard InChI is InChI=1S/C18H28F6O6/c1-6-15(5,13(27)29-8-7-25)10-14(3,4)12(26)30-11(2)9-16(28,17(19,20)21)18(22,23)24/h11,25,28H,6-10H2,1-5H3. The molecule has 0 aliphatic carbocycles. The van der Waals surface area contributed by atoms with Gasteiger partial charge in [0.15, 0.2) is 0 Å². The summed E-state index contributed by atoms with van der Waals surface area (Å²) < 4.78 is 86.5. The molecule has 0 radical (unpaired) electrons. The van der Waals surface area contributed by atoms with Crippen LogP contribution < -0.4 is 0 Å². The van der Waals surface area contributed by atoms with Gasteiger partial charge in [0.25, 0.3) is 5.60 Å². The molecule has 2 atom stereocenters. The second-order valence-electron chi connectivity index (χ2n) is 8.11. The molecule has 12 heteroatoms. The van der Waals surface area contributed by atoms with Crippen LogP contribution in [0.5, 0.6) is 0 Å². The van der Waals surface area contributed by atoms with E-state index in [0.29, 0.717) is 0 Å². The van der Waals surface area contributed by atoms with E-state index in [2.05, 4.69) is 0 Å². The third kappa shape index (κ3) is 6.73. The molecule has 178 valence electrons. The lowest BCUT2D eigenvalue weighted by molar-refractivity contribution is -0.373. The van der Waals surface area contributed by atoms with E-state index < -0.39 is 59.9 Å². The Hall–Kier alpha value is -1.56. The molecule has 0 saturated carbocycles. The molecule has 2 unspecified atom stereocenters. The highest BCUT2D eigenvalue weighted by Gasteiger charge is 2.70. The number of esters is 2. The summed E-state index contributed by atoms with van der Waals surface area (Å²) >= 11 is 0. The van der Waals surface area contributed by atoms with Crippen LogP contribution in [0, 0.1) is 10.8 Å². The first-order valence-corrected chi connectivity index (χ1v) is 9.12. The largest absolute Gasteiger partial charge is 0.463 e. The first-order chi connectivity index (χ1) is 13.3. The van der Waals surface area contributed by atoms with Gasteiger partial charge in [0, 0.05) is 6.42 Å². The molecule has 0 aliphatic rings. The highest BCUT2D eigenvalue weighted by Crippen LogP contribution is 2.46. The van der Waals surface area contributed by atoms with Crippen molar-refractivity contribution in [3.8, 4) is 0 Å². The number of hydrogen-bond acceptors (Lipinski definition) is 6. The van der Waals surface area contributed by atoms with Gasteiger partial charge < -0.3 is 19.7 Å². The van der Waals surface area contributed by atoms with E-state index in [4.69, 9.17) is 14.6 Å². The average Bonchev–Trinajstić information content (AvgIpc) is 2.56. The highest BCUT2D eigenvalue weighted by atomic mass is 19.4. The maximum absolute atomic E-state index is 12.8. The number of aliphatic hydroxyl groups excluding tert-OH is 1. The van der Waals surface area contributed by atoms with E-state index in [1.165, 1.54) is 20.8 Å². The number of aliphatic hydroxyl groups is 2. The van der Waals surface area contributed by atoms with Crippen molar-refractivity contribution in [3.63, 3.8) is 0 Å². The Balaban J connectivity index is 5.40. The fourth-order valence-corrected chi connectivity index (χ4v) is 2.89. The normalized spacial score (nSPS) is 16.6. The Labute approximate surface area is 170 Å². The van der Waals surface area contributed by atoms with Gasteiger partial charge in [0.2, 0.25) is 0 Å². The van der Waals surface area contributed by atoms with Gasteiger partial charge in [-0.15, -0.1) is 0 Å². The fourth-order valence-electron chi connectivity index (χ4n) is 2.89. The van der Waals surface area contributed by atoms with Crippen molar-refractivity contribution in [2.75, 3.05) is 13.2 Å². The predicted molar refractivity (Wildman–Crippen MR) is 92.1 cm³/mol. The molecule has 0 heterocycles. The topological polar surface area (TPSA) is 93.1 Å². The Morgan fingerprint density at radius 1 is 0.967 bits per heavy atom. The molecule has 30 heavy (non-hydrogen) atoms. The second-order valence-corrected chi connectivity index (χ2v) is 8.11. The first kappa shape index (κ1) is 28.4. The molecule has 0 aromatic carbocycles. The molecule has 0 aromatic rings. The zero-order valence-electron chi connectivity index (χ0n) is 17.4. The lowest BCUT2D eigenvalue weighted by atomic mass is 9.72. The van der Waals surface area contributed by atoms with Crippen molar-refractivity contribution in [1.82, 2.24) is 0 Å². The predicted octanol–water partition coefficient (Wildman–Crippen LogP) is 3.53. The Kier molecular flexibility index (Phi) is 9.21. The molecule has 0 fully saturated rings. The van der Waals surface area contributed by atoms with Crippen molar-refractivity contribution in [2.24, 2.45) is 10.8 Å². The van der Waals surface area contributed by atoms with E-state index in [9.17, 15) is 41.0 Å². The minimum absolute atomic E-state index is 0.185. The summed E-state index contributed by atoms with van der Waals surface area (Å²) in [6.45, 7) is 5.82. The van der Waals surface area contributed by atoms with Gasteiger partial charge in [0.1, 0.15) is 12.7 Å². The smallest absolute Gasteiger partial charge is 0.426 e. The third-order valence-electron chi connectivity index (χ3n) is 4.81. The number of alkyl halides is 6. The van der Waals surface area contributed by atoms with Gasteiger partial charge >= 0.3 is 24.3 Å². The number of ether oxygens (including phenoxy) is 2. The summed E-state index contributed by atoms with van der Waals surface area (Å²) in [4.78, 5) is 24.6. The summed E-state index contributed by atoms with van der Waals surface area (Å²) in [6.07, 6.45) is -15.9. The summed E-state index contributed by atoms with van der Waals surface area (Å²) in [5.41, 5.74) is -7.75. The average molecular weight is 454 g/mol. The maximum Gasteiger partial charge on any atom is 0.426 e. The SMILES string of the molecule is CCC(C)(CC(C)(C)C(=O)OC(C)CC(O)(C(F)(F)F)C(F)(F)F)C(=O)OCCO. The van der Waals surface area contributed by atoms with E-state index in [1.807, 2.05) is 0 Å². The van der Waals surface area contributed by atoms with E-state index >= 15 is 0 Å². The monoisotopic (exact) mass is 454 g/mol. The third-order valence-corrected chi connectivity index (χ3v) is 4.81. The Morgan fingerprint density at radius 3 is 1.80 bits per heavy atom. The fraction of sp³-hybridized carbons (Fsp3) is 0.889. The molecule has 0 amide bonds. The quantitative estimate of drug-likeness (QED) is 0.388. The van der Waals surface area contributed by atoms with Crippen LogP contribution in [0.25, 0.3) is 0 Å². The Bertz CT molecular complexity index is 587. The lowest BCUT2D eigenvalue weighted by Crippen LogP contribution is -2.58. The van der Waals surface area contributed by atoms with Crippen molar-refractivity contribution >= 4 is 11.9 Å². The number of rotatable bonds is 10. The van der Waals surface area contributed by atoms with Crippen LogP contribution in [0.4, 0.5) is 26.3 Å². The summed E-state index contributed by atoms with van der Waals surface area (Å²) in [6, 6.07) is 0. The zero-order chi connectivity index (χ0) is 24.2. The van der Waals surface area contributed by atoms with E-state index in [-0.39, 0.29) is 19.4 Å². The molecule has 2 N–H and O–H groups in total. The molecule has 0 aromatic heterocycles. The van der Waals surface area contributed by atoms with Crippen LogP contribution >= 0.6 is 0 Å². The van der Waals surface area contributed by atoms with Crippen molar-refractivity contribution in [3.05, 3.63) is 0 Å². The van der Waals surface area contributed by atoms with Gasteiger partial charge in [-0.1, -0.05) is 6.92 Å². The number of halogens is 6. The zero-order valence-corrected chi connectivity index (χ0v) is 17.4. The minimum Gasteiger partial charge on any atom is -0.463 e. The van der Waals surface area contributed by atoms with Crippen LogP contribution in [0.3, 0.4) is 0 Å². The van der Waals surface area contributed by atoms with Crippen LogP contribution in [0.1, 0.15) is 53.9 Å². The molecule has 0 rings (SSSR count). The molecule has 0 bridgehead atoms. The summed E-state index contributed by atoms with van der Waals surface area (Å²) in [5.74, 6) is -1.87. The van der Waals surface area contributed by atoms with Gasteiger partial charge in [-0.2, -0.15) is 26.3 Å². The summed E-state index contributed by atoms with van der Waals surface area (Å²) in [5, 5.41) is 18.0. The van der Waals surface area contributed by atoms with Gasteiger partial charge in [-0.3, -0.25) is 9.59 Å². The molecule has 0 aliphatic heterocycles. The molecule has 0 saturated heterocycles. The first-order valence-electron chi connectivity index (χ1n) is 9.12. The van der Waals surface area contributed by atoms with Gasteiger partial charge in [-0.25, -0.2) is 0 Å². The lowest BCUT2D eigenvalue weighted by Gasteiger charge is -2.36. The van der Waals surface area contributed by atoms with Crippen molar-refractivity contribution in [2.45, 2.75) is 77.9 Å². The van der Waals surface area contributed by atoms with E-state index in [1.54, 1.807) is 6.92 Å². The van der Waals surface area contributed by atoms with Gasteiger partial charge in [-0.05, 0) is 40.5 Å². The van der Waals surface area contributed by atoms with Crippen LogP contribution in [-0.4, -0.2) is 59.4 Å². The van der Waals surface area contributed by atoms with Gasteiger partial charge in [0.05, 0.1) is 17.4 Å². The Morgan fingerprint density at radius 2 is 1.43 bits per heavy atom. The summed E-state index contributed by atoms with van der Waals surface area (Å²) in [7, 11) is 0. The molecular weight excluding hydrogens is 426 g/mol. The molecule has 0 spiro atoms. The van der Waals surface area contributed by atoms with Crippen molar-refractivity contribution in [1.29, 1.82) is 0 Å². The molecular formula is C18H28F6O6. The van der Waals surface area contributed by atoms with Crippen LogP contribution in [0.15, 0.2) is 0 Å². The van der Waals surface area contributed by atoms with Crippen LogP contribution in [-0.2, 0) is 19.1 Å².